The number of rotatable bonds is 14. The Bertz CT molecular complexity index is 4500. The maximum Gasteiger partial charge on any atom is 0.335 e. The van der Waals surface area contributed by atoms with Gasteiger partial charge in [0.05, 0.1) is 67.1 Å². The van der Waals surface area contributed by atoms with E-state index >= 15 is 0 Å². The summed E-state index contributed by atoms with van der Waals surface area (Å²) in [5.41, 5.74) is 4.15. The second kappa shape index (κ2) is 20.3. The monoisotopic (exact) mass is 1140 g/mol. The fourth-order valence-electron chi connectivity index (χ4n) is 10.9. The quantitative estimate of drug-likeness (QED) is 0.100. The summed E-state index contributed by atoms with van der Waals surface area (Å²) in [7, 11) is 1.41. The van der Waals surface area contributed by atoms with Gasteiger partial charge in [-0.1, -0.05) is 38.1 Å². The minimum Gasteiger partial charge on any atom is -0.478 e. The van der Waals surface area contributed by atoms with E-state index in [0.29, 0.717) is 45.7 Å². The number of carboxylic acids is 1. The minimum atomic E-state index is -1.20. The largest absolute Gasteiger partial charge is 0.478 e. The molecule has 8 amide bonds. The summed E-state index contributed by atoms with van der Waals surface area (Å²) in [4.78, 5) is 122. The molecule has 1 N–H and O–H groups in total. The third-order valence-electron chi connectivity index (χ3n) is 15.5. The Kier molecular flexibility index (Phi) is 12.6. The van der Waals surface area contributed by atoms with E-state index in [2.05, 4.69) is 13.8 Å². The summed E-state index contributed by atoms with van der Waals surface area (Å²) in [5, 5.41) is 9.54. The molecule has 0 bridgehead atoms. The van der Waals surface area contributed by atoms with E-state index in [9.17, 15) is 48.3 Å². The van der Waals surface area contributed by atoms with E-state index in [1.54, 1.807) is 73.7 Å². The Morgan fingerprint density at radius 3 is 0.977 bits per heavy atom. The van der Waals surface area contributed by atoms with Crippen LogP contribution in [0.5, 0.6) is 46.0 Å². The number of fused-ring (bicyclic) bond motifs is 4. The number of carbonyl (C=O) groups is 9. The zero-order chi connectivity index (χ0) is 60.0. The Labute approximate surface area is 489 Å². The number of hydrogen-bond acceptors (Lipinski definition) is 13. The lowest BCUT2D eigenvalue weighted by Gasteiger charge is -2.26. The lowest BCUT2D eigenvalue weighted by atomic mass is 9.78. The van der Waals surface area contributed by atoms with Crippen LogP contribution in [0.25, 0.3) is 0 Å². The number of carbonyl (C=O) groups excluding carboxylic acids is 8. The van der Waals surface area contributed by atoms with Gasteiger partial charge in [-0.25, -0.2) is 19.5 Å². The molecule has 18 nitrogen and oxygen atoms in total. The van der Waals surface area contributed by atoms with E-state index < -0.39 is 58.6 Å². The molecule has 0 aromatic heterocycles. The number of ether oxygens (including phenoxy) is 4. The van der Waals surface area contributed by atoms with Crippen molar-refractivity contribution in [1.82, 2.24) is 4.90 Å². The molecule has 0 radical (unpaired) electrons. The number of hydrogen-bond donors (Lipinski definition) is 1. The van der Waals surface area contributed by atoms with Gasteiger partial charge >= 0.3 is 5.97 Å². The van der Waals surface area contributed by atoms with E-state index in [1.807, 2.05) is 48.5 Å². The van der Waals surface area contributed by atoms with Gasteiger partial charge in [0.1, 0.15) is 46.0 Å². The molecule has 18 heteroatoms. The molecule has 4 aliphatic rings. The highest BCUT2D eigenvalue weighted by Crippen LogP contribution is 2.40. The van der Waals surface area contributed by atoms with Crippen LogP contribution in [0.1, 0.15) is 124 Å². The number of nitrogens with zero attached hydrogens (tertiary/aromatic N) is 4. The van der Waals surface area contributed by atoms with Crippen molar-refractivity contribution in [3.05, 3.63) is 255 Å². The molecule has 0 fully saturated rings. The molecule has 0 saturated carbocycles. The number of anilines is 3. The van der Waals surface area contributed by atoms with E-state index in [4.69, 9.17) is 18.9 Å². The second-order valence-electron chi connectivity index (χ2n) is 21.3. The standard InChI is InChI=1S/C68H44N4O14/c1-36-29-37(67(81)82)31-42(30-36)72-63(77)54-28-24-50(35-58(54)66(72)80)86-49-23-27-53-57(34-49)65(79)71(62(53)76)41-11-19-46(20-12-41)84-44-15-7-39(8-16-44)68(2,3)38-5-13-43(14-6-38)83-45-17-9-40(10-18-45)70-61(75)52-26-22-48(33-56(52)64(70)78)85-47-21-25-51-55(32-47)60(74)69(4)59(51)73/h5-35H,1-4H3,(H,81,82). The predicted octanol–water partition coefficient (Wildman–Crippen LogP) is 12.8. The first-order valence-corrected chi connectivity index (χ1v) is 26.8. The molecule has 0 unspecified atom stereocenters. The van der Waals surface area contributed by atoms with E-state index in [0.717, 1.165) is 30.7 Å². The highest BCUT2D eigenvalue weighted by molar-refractivity contribution is 6.36. The average Bonchev–Trinajstić information content (AvgIpc) is 4.27. The highest BCUT2D eigenvalue weighted by Gasteiger charge is 2.41. The van der Waals surface area contributed by atoms with Crippen LogP contribution in [-0.2, 0) is 5.41 Å². The number of imide groups is 4. The molecule has 0 aliphatic carbocycles. The predicted molar refractivity (Wildman–Crippen MR) is 312 cm³/mol. The van der Waals surface area contributed by atoms with Crippen molar-refractivity contribution in [1.29, 1.82) is 0 Å². The summed E-state index contributed by atoms with van der Waals surface area (Å²) in [6, 6.07) is 50.6. The maximum atomic E-state index is 13.8. The molecular weight excluding hydrogens is 1100 g/mol. The molecule has 4 aliphatic heterocycles. The van der Waals surface area contributed by atoms with Gasteiger partial charge in [0.15, 0.2) is 0 Å². The van der Waals surface area contributed by atoms with Crippen molar-refractivity contribution in [2.75, 3.05) is 21.7 Å². The van der Waals surface area contributed by atoms with Crippen LogP contribution in [-0.4, -0.2) is 70.3 Å². The van der Waals surface area contributed by atoms with Crippen LogP contribution >= 0.6 is 0 Å². The smallest absolute Gasteiger partial charge is 0.335 e. The van der Waals surface area contributed by atoms with Crippen molar-refractivity contribution in [3.63, 3.8) is 0 Å². The fraction of sp³-hybridized carbons (Fsp3) is 0.0735. The van der Waals surface area contributed by atoms with Gasteiger partial charge < -0.3 is 24.1 Å². The lowest BCUT2D eigenvalue weighted by molar-refractivity contribution is 0.0682. The van der Waals surface area contributed by atoms with Crippen molar-refractivity contribution in [3.8, 4) is 46.0 Å². The summed E-state index contributed by atoms with van der Waals surface area (Å²) < 4.78 is 24.3. The van der Waals surface area contributed by atoms with Crippen LogP contribution in [0.4, 0.5) is 17.1 Å². The Morgan fingerprint density at radius 2 is 0.616 bits per heavy atom. The molecule has 9 aromatic rings. The van der Waals surface area contributed by atoms with Crippen LogP contribution in [0, 0.1) is 6.92 Å². The first-order chi connectivity index (χ1) is 41.3. The molecule has 0 atom stereocenters. The fourth-order valence-corrected chi connectivity index (χ4v) is 10.9. The zero-order valence-electron chi connectivity index (χ0n) is 45.9. The number of carboxylic acid groups (broad SMARTS) is 1. The first kappa shape index (κ1) is 53.5. The molecule has 420 valence electrons. The topological polar surface area (TPSA) is 224 Å². The number of aryl methyl sites for hydroxylation is 1. The van der Waals surface area contributed by atoms with Crippen LogP contribution in [0.3, 0.4) is 0 Å². The van der Waals surface area contributed by atoms with Crippen molar-refractivity contribution >= 4 is 70.3 Å². The third-order valence-corrected chi connectivity index (χ3v) is 15.5. The Balaban J connectivity index is 0.610. The first-order valence-electron chi connectivity index (χ1n) is 26.8. The normalized spacial score (nSPS) is 14.2. The molecule has 86 heavy (non-hydrogen) atoms. The van der Waals surface area contributed by atoms with Crippen LogP contribution in [0.15, 0.2) is 188 Å². The van der Waals surface area contributed by atoms with Gasteiger partial charge in [-0.3, -0.25) is 43.3 Å². The SMILES string of the molecule is Cc1cc(C(=O)O)cc(N2C(=O)c3ccc(Oc4ccc5c(c4)C(=O)N(c4ccc(Oc6ccc(C(C)(C)c7ccc(Oc8ccc(N9C(=O)c%10ccc(Oc%11ccc%12c(c%11)C(=O)N(C)C%12=O)cc%10C9=O)cc8)cc7)cc6)cc4)C5=O)cc3C2=O)c1. The Morgan fingerprint density at radius 1 is 0.337 bits per heavy atom. The lowest BCUT2D eigenvalue weighted by Crippen LogP contribution is -2.29. The second-order valence-corrected chi connectivity index (χ2v) is 21.3. The van der Waals surface area contributed by atoms with E-state index in [1.165, 1.54) is 79.8 Å². The number of amides is 8. The van der Waals surface area contributed by atoms with Crippen molar-refractivity contribution in [2.24, 2.45) is 0 Å². The van der Waals surface area contributed by atoms with Gasteiger partial charge in [0, 0.05) is 12.5 Å². The van der Waals surface area contributed by atoms with Crippen LogP contribution < -0.4 is 33.6 Å². The van der Waals surface area contributed by atoms with Gasteiger partial charge in [0.25, 0.3) is 47.3 Å². The highest BCUT2D eigenvalue weighted by atomic mass is 16.5. The molecule has 13 rings (SSSR count). The summed E-state index contributed by atoms with van der Waals surface area (Å²) in [5.74, 6) is -2.41. The van der Waals surface area contributed by atoms with Crippen molar-refractivity contribution in [2.45, 2.75) is 26.2 Å². The zero-order valence-corrected chi connectivity index (χ0v) is 45.9. The summed E-state index contributed by atoms with van der Waals surface area (Å²) in [6.45, 7) is 5.86. The van der Waals surface area contributed by atoms with Gasteiger partial charge in [-0.2, -0.15) is 0 Å². The van der Waals surface area contributed by atoms with E-state index in [-0.39, 0.29) is 73.0 Å². The minimum absolute atomic E-state index is 0.0530. The molecular formula is C68H44N4O14. The van der Waals surface area contributed by atoms with Crippen molar-refractivity contribution < 1.29 is 67.2 Å². The van der Waals surface area contributed by atoms with Gasteiger partial charge in [-0.15, -0.1) is 0 Å². The summed E-state index contributed by atoms with van der Waals surface area (Å²) >= 11 is 0. The molecule has 0 saturated heterocycles. The molecule has 9 aromatic carbocycles. The third kappa shape index (κ3) is 9.13. The summed E-state index contributed by atoms with van der Waals surface area (Å²) in [6.07, 6.45) is 0. The van der Waals surface area contributed by atoms with Crippen LogP contribution in [0.2, 0.25) is 0 Å². The molecule has 0 spiro atoms. The van der Waals surface area contributed by atoms with Gasteiger partial charge in [-0.05, 0) is 187 Å². The number of aromatic carboxylic acids is 1. The number of benzene rings is 9. The average molecular weight is 1140 g/mol. The Hall–Kier alpha value is -11.8. The molecule has 4 heterocycles. The maximum absolute atomic E-state index is 13.8. The van der Waals surface area contributed by atoms with Gasteiger partial charge in [0.2, 0.25) is 0 Å².